The van der Waals surface area contributed by atoms with Crippen LogP contribution < -0.4 is 4.90 Å². The van der Waals surface area contributed by atoms with Crippen molar-refractivity contribution in [1.29, 1.82) is 0 Å². The molecule has 5 heteroatoms. The van der Waals surface area contributed by atoms with E-state index in [4.69, 9.17) is 0 Å². The first-order valence-electron chi connectivity index (χ1n) is 7.43. The minimum absolute atomic E-state index is 0.0632. The first-order chi connectivity index (χ1) is 11.0. The summed E-state index contributed by atoms with van der Waals surface area (Å²) >= 11 is 0. The number of carboxylic acid groups (broad SMARTS) is 1. The van der Waals surface area contributed by atoms with Gasteiger partial charge in [0.25, 0.3) is 0 Å². The number of carbonyl (C=O) groups is 2. The number of phenolic OH excluding ortho intramolecular Hbond substituents is 1. The number of hydrogen-bond acceptors (Lipinski definition) is 4. The summed E-state index contributed by atoms with van der Waals surface area (Å²) in [4.78, 5) is 26.1. The lowest BCUT2D eigenvalue weighted by Crippen LogP contribution is -2.25. The smallest absolute Gasteiger partial charge is 0.336 e. The zero-order chi connectivity index (χ0) is 16.6. The van der Waals surface area contributed by atoms with E-state index in [1.54, 1.807) is 24.3 Å². The lowest BCUT2D eigenvalue weighted by Gasteiger charge is -2.28. The molecule has 3 rings (SSSR count). The predicted octanol–water partition coefficient (Wildman–Crippen LogP) is 2.70. The molecule has 118 valence electrons. The molecule has 2 aromatic carbocycles. The molecule has 1 heterocycles. The van der Waals surface area contributed by atoms with Crippen molar-refractivity contribution in [3.8, 4) is 5.75 Å². The van der Waals surface area contributed by atoms with Crippen molar-refractivity contribution in [2.75, 3.05) is 18.5 Å². The summed E-state index contributed by atoms with van der Waals surface area (Å²) in [7, 11) is 1.94. The standard InChI is InChI=1S/C18H17NO4/c1-19-8-4-5-11-9-14(16(20)10-15(11)19)17(21)12-6-2-3-7-13(12)18(22)23/h2-3,6-7,9-10,20H,4-5,8H2,1H3,(H,22,23). The number of rotatable bonds is 3. The summed E-state index contributed by atoms with van der Waals surface area (Å²) in [5.74, 6) is -1.76. The molecule has 1 aliphatic heterocycles. The van der Waals surface area contributed by atoms with Crippen LogP contribution in [0.5, 0.6) is 5.75 Å². The zero-order valence-electron chi connectivity index (χ0n) is 12.7. The fourth-order valence-corrected chi connectivity index (χ4v) is 3.00. The highest BCUT2D eigenvalue weighted by molar-refractivity contribution is 6.15. The molecule has 0 aliphatic carbocycles. The average Bonchev–Trinajstić information content (AvgIpc) is 2.54. The Hall–Kier alpha value is -2.82. The van der Waals surface area contributed by atoms with Crippen LogP contribution in [0, 0.1) is 0 Å². The summed E-state index contributed by atoms with van der Waals surface area (Å²) in [6.45, 7) is 0.904. The first kappa shape index (κ1) is 15.1. The highest BCUT2D eigenvalue weighted by atomic mass is 16.4. The predicted molar refractivity (Wildman–Crippen MR) is 86.5 cm³/mol. The average molecular weight is 311 g/mol. The number of phenols is 1. The number of carbonyl (C=O) groups excluding carboxylic acids is 1. The van der Waals surface area contributed by atoms with Gasteiger partial charge in [-0.1, -0.05) is 18.2 Å². The van der Waals surface area contributed by atoms with Gasteiger partial charge in [0.2, 0.25) is 0 Å². The van der Waals surface area contributed by atoms with Crippen LogP contribution in [0.25, 0.3) is 0 Å². The molecule has 0 aromatic heterocycles. The third kappa shape index (κ3) is 2.65. The fourth-order valence-electron chi connectivity index (χ4n) is 3.00. The van der Waals surface area contributed by atoms with Gasteiger partial charge in [-0.15, -0.1) is 0 Å². The molecule has 0 radical (unpaired) electrons. The third-order valence-electron chi connectivity index (χ3n) is 4.19. The van der Waals surface area contributed by atoms with E-state index in [2.05, 4.69) is 0 Å². The van der Waals surface area contributed by atoms with Gasteiger partial charge in [0, 0.05) is 30.9 Å². The summed E-state index contributed by atoms with van der Waals surface area (Å²) in [6.07, 6.45) is 1.81. The van der Waals surface area contributed by atoms with Gasteiger partial charge in [0.05, 0.1) is 11.1 Å². The quantitative estimate of drug-likeness (QED) is 0.852. The maximum Gasteiger partial charge on any atom is 0.336 e. The Balaban J connectivity index is 2.09. The Bertz CT molecular complexity index is 798. The van der Waals surface area contributed by atoms with Crippen LogP contribution in [-0.4, -0.2) is 35.6 Å². The minimum atomic E-state index is -1.16. The van der Waals surface area contributed by atoms with Crippen LogP contribution in [0.2, 0.25) is 0 Å². The molecule has 2 aromatic rings. The molecule has 0 spiro atoms. The van der Waals surface area contributed by atoms with Gasteiger partial charge in [0.1, 0.15) is 5.75 Å². The third-order valence-corrected chi connectivity index (χ3v) is 4.19. The Morgan fingerprint density at radius 3 is 2.48 bits per heavy atom. The molecular weight excluding hydrogens is 294 g/mol. The molecule has 1 aliphatic rings. The first-order valence-corrected chi connectivity index (χ1v) is 7.43. The molecule has 0 saturated carbocycles. The van der Waals surface area contributed by atoms with Crippen molar-refractivity contribution < 1.29 is 19.8 Å². The van der Waals surface area contributed by atoms with Crippen LogP contribution >= 0.6 is 0 Å². The number of anilines is 1. The van der Waals surface area contributed by atoms with Crippen molar-refractivity contribution in [2.24, 2.45) is 0 Å². The van der Waals surface area contributed by atoms with Crippen LogP contribution in [0.1, 0.15) is 38.3 Å². The summed E-state index contributed by atoms with van der Waals surface area (Å²) in [5.41, 5.74) is 2.07. The molecular formula is C18H17NO4. The summed E-state index contributed by atoms with van der Waals surface area (Å²) in [5, 5.41) is 19.5. The van der Waals surface area contributed by atoms with E-state index >= 15 is 0 Å². The molecule has 0 unspecified atom stereocenters. The Kier molecular flexibility index (Phi) is 3.78. The van der Waals surface area contributed by atoms with Gasteiger partial charge >= 0.3 is 5.97 Å². The Morgan fingerprint density at radius 2 is 1.78 bits per heavy atom. The SMILES string of the molecule is CN1CCCc2cc(C(=O)c3ccccc3C(=O)O)c(O)cc21. The lowest BCUT2D eigenvalue weighted by molar-refractivity contribution is 0.0692. The van der Waals surface area contributed by atoms with Crippen LogP contribution in [-0.2, 0) is 6.42 Å². The molecule has 0 saturated heterocycles. The van der Waals surface area contributed by atoms with E-state index in [1.165, 1.54) is 12.1 Å². The highest BCUT2D eigenvalue weighted by Gasteiger charge is 2.23. The van der Waals surface area contributed by atoms with Gasteiger partial charge in [-0.2, -0.15) is 0 Å². The summed E-state index contributed by atoms with van der Waals surface area (Å²) in [6, 6.07) is 9.31. The lowest BCUT2D eigenvalue weighted by atomic mass is 9.93. The van der Waals surface area contributed by atoms with Crippen molar-refractivity contribution in [3.63, 3.8) is 0 Å². The molecule has 0 amide bonds. The number of aryl methyl sites for hydroxylation is 1. The van der Waals surface area contributed by atoms with Crippen molar-refractivity contribution in [3.05, 3.63) is 58.7 Å². The van der Waals surface area contributed by atoms with E-state index in [0.717, 1.165) is 30.6 Å². The van der Waals surface area contributed by atoms with E-state index in [9.17, 15) is 19.8 Å². The number of aromatic hydroxyl groups is 1. The number of fused-ring (bicyclic) bond motifs is 1. The zero-order valence-corrected chi connectivity index (χ0v) is 12.7. The fraction of sp³-hybridized carbons (Fsp3) is 0.222. The number of aromatic carboxylic acids is 1. The number of ketones is 1. The molecule has 0 fully saturated rings. The van der Waals surface area contributed by atoms with E-state index in [0.29, 0.717) is 0 Å². The second-order valence-electron chi connectivity index (χ2n) is 5.70. The Morgan fingerprint density at radius 1 is 1.09 bits per heavy atom. The van der Waals surface area contributed by atoms with Gasteiger partial charge in [-0.3, -0.25) is 4.79 Å². The molecule has 5 nitrogen and oxygen atoms in total. The van der Waals surface area contributed by atoms with Crippen LogP contribution in [0.15, 0.2) is 36.4 Å². The van der Waals surface area contributed by atoms with Gasteiger partial charge in [-0.25, -0.2) is 4.79 Å². The van der Waals surface area contributed by atoms with Crippen LogP contribution in [0.4, 0.5) is 5.69 Å². The minimum Gasteiger partial charge on any atom is -0.507 e. The van der Waals surface area contributed by atoms with Gasteiger partial charge in [-0.05, 0) is 30.5 Å². The normalized spacial score (nSPS) is 13.5. The highest BCUT2D eigenvalue weighted by Crippen LogP contribution is 2.33. The number of benzene rings is 2. The Labute approximate surface area is 133 Å². The number of hydrogen-bond donors (Lipinski definition) is 2. The molecule has 0 atom stereocenters. The van der Waals surface area contributed by atoms with Crippen molar-refractivity contribution >= 4 is 17.4 Å². The van der Waals surface area contributed by atoms with E-state index < -0.39 is 11.8 Å². The molecule has 23 heavy (non-hydrogen) atoms. The topological polar surface area (TPSA) is 77.8 Å². The second-order valence-corrected chi connectivity index (χ2v) is 5.70. The van der Waals surface area contributed by atoms with Crippen molar-refractivity contribution in [1.82, 2.24) is 0 Å². The largest absolute Gasteiger partial charge is 0.507 e. The molecule has 0 bridgehead atoms. The van der Waals surface area contributed by atoms with Gasteiger partial charge in [0.15, 0.2) is 5.78 Å². The van der Waals surface area contributed by atoms with Crippen LogP contribution in [0.3, 0.4) is 0 Å². The van der Waals surface area contributed by atoms with E-state index in [-0.39, 0.29) is 22.4 Å². The second kappa shape index (κ2) is 5.76. The molecule has 2 N–H and O–H groups in total. The van der Waals surface area contributed by atoms with Crippen molar-refractivity contribution in [2.45, 2.75) is 12.8 Å². The summed E-state index contributed by atoms with van der Waals surface area (Å²) < 4.78 is 0. The number of nitrogens with zero attached hydrogens (tertiary/aromatic N) is 1. The number of carboxylic acids is 1. The monoisotopic (exact) mass is 311 g/mol. The van der Waals surface area contributed by atoms with Gasteiger partial charge < -0.3 is 15.1 Å². The van der Waals surface area contributed by atoms with E-state index in [1.807, 2.05) is 11.9 Å². The maximum atomic E-state index is 12.7. The maximum absolute atomic E-state index is 12.7.